The van der Waals surface area contributed by atoms with Crippen LogP contribution in [-0.4, -0.2) is 45.7 Å². The molecule has 2 unspecified atom stereocenters. The molecule has 0 spiro atoms. The van der Waals surface area contributed by atoms with Gasteiger partial charge in [0.1, 0.15) is 0 Å². The van der Waals surface area contributed by atoms with Gasteiger partial charge in [0.25, 0.3) is 0 Å². The Kier molecular flexibility index (Phi) is 2.34. The first-order valence-electron chi connectivity index (χ1n) is 5.27. The largest absolute Gasteiger partial charge is 0.389 e. The van der Waals surface area contributed by atoms with Crippen LogP contribution in [0.25, 0.3) is 0 Å². The number of hydrogen-bond donors (Lipinski definition) is 2. The molecule has 0 bridgehead atoms. The molecule has 82 valence electrons. The summed E-state index contributed by atoms with van der Waals surface area (Å²) in [6, 6.07) is 0. The van der Waals surface area contributed by atoms with Gasteiger partial charge in [-0.25, -0.2) is 0 Å². The molecule has 1 saturated heterocycles. The van der Waals surface area contributed by atoms with Crippen molar-refractivity contribution < 1.29 is 15.1 Å². The minimum atomic E-state index is -0.711. The van der Waals surface area contributed by atoms with Crippen molar-refractivity contribution in [3.8, 4) is 0 Å². The maximum atomic E-state index is 10.3. The molecule has 2 fully saturated rings. The fraction of sp³-hybridized carbons (Fsp3) is 1.00. The number of rotatable bonds is 1. The van der Waals surface area contributed by atoms with Gasteiger partial charge in [-0.15, -0.1) is 0 Å². The molecule has 4 heteroatoms. The molecule has 4 nitrogen and oxygen atoms in total. The standard InChI is InChI=1S/C10H19NO3/c1-9(4-3-5-10(9,2)13)11-6-8(12)7-14-11/h8,12-13H,3-7H2,1-2H3/t8-,9?,10?/m1/s1. The minimum absolute atomic E-state index is 0.343. The van der Waals surface area contributed by atoms with E-state index in [1.165, 1.54) is 0 Å². The summed E-state index contributed by atoms with van der Waals surface area (Å²) < 4.78 is 0. The smallest absolute Gasteiger partial charge is 0.0958 e. The second-order valence-electron chi connectivity index (χ2n) is 4.91. The van der Waals surface area contributed by atoms with E-state index in [-0.39, 0.29) is 5.54 Å². The third-order valence-electron chi connectivity index (χ3n) is 3.84. The third-order valence-corrected chi connectivity index (χ3v) is 3.84. The van der Waals surface area contributed by atoms with Crippen molar-refractivity contribution >= 4 is 0 Å². The molecule has 0 aromatic heterocycles. The van der Waals surface area contributed by atoms with Crippen LogP contribution in [0, 0.1) is 0 Å². The number of β-amino-alcohol motifs (C(OH)–C–C–N with tert-alkyl or cyclic N) is 1. The number of nitrogens with zero attached hydrogens (tertiary/aromatic N) is 1. The lowest BCUT2D eigenvalue weighted by Gasteiger charge is -2.42. The average Bonchev–Trinajstić information content (AvgIpc) is 2.60. The van der Waals surface area contributed by atoms with Gasteiger partial charge in [0.15, 0.2) is 0 Å². The Morgan fingerprint density at radius 3 is 2.50 bits per heavy atom. The van der Waals surface area contributed by atoms with Crippen molar-refractivity contribution in [3.05, 3.63) is 0 Å². The van der Waals surface area contributed by atoms with Gasteiger partial charge >= 0.3 is 0 Å². The first kappa shape index (κ1) is 10.4. The summed E-state index contributed by atoms with van der Waals surface area (Å²) in [7, 11) is 0. The molecule has 1 aliphatic heterocycles. The van der Waals surface area contributed by atoms with E-state index in [0.717, 1.165) is 19.3 Å². The second-order valence-corrected chi connectivity index (χ2v) is 4.91. The van der Waals surface area contributed by atoms with Crippen LogP contribution >= 0.6 is 0 Å². The second kappa shape index (κ2) is 3.17. The van der Waals surface area contributed by atoms with Gasteiger partial charge in [-0.2, -0.15) is 5.06 Å². The highest BCUT2D eigenvalue weighted by Gasteiger charge is 2.53. The topological polar surface area (TPSA) is 52.9 Å². The minimum Gasteiger partial charge on any atom is -0.389 e. The molecule has 2 aliphatic rings. The predicted molar refractivity (Wildman–Crippen MR) is 51.5 cm³/mol. The SMILES string of the molecule is CC1(O)CCCC1(C)N1C[C@@H](O)CO1. The summed E-state index contributed by atoms with van der Waals surface area (Å²) in [5.41, 5.74) is -1.05. The van der Waals surface area contributed by atoms with Gasteiger partial charge in [0.05, 0.1) is 30.4 Å². The molecular weight excluding hydrogens is 182 g/mol. The molecule has 0 aromatic carbocycles. The zero-order chi connectivity index (χ0) is 10.4. The van der Waals surface area contributed by atoms with E-state index in [2.05, 4.69) is 0 Å². The van der Waals surface area contributed by atoms with E-state index in [9.17, 15) is 10.2 Å². The van der Waals surface area contributed by atoms with Crippen LogP contribution in [0.15, 0.2) is 0 Å². The third kappa shape index (κ3) is 1.37. The van der Waals surface area contributed by atoms with Crippen LogP contribution in [0.5, 0.6) is 0 Å². The van der Waals surface area contributed by atoms with Gasteiger partial charge < -0.3 is 10.2 Å². The average molecular weight is 201 g/mol. The number of aliphatic hydroxyl groups is 2. The van der Waals surface area contributed by atoms with E-state index in [4.69, 9.17) is 4.84 Å². The number of hydrogen-bond acceptors (Lipinski definition) is 4. The Morgan fingerprint density at radius 2 is 2.07 bits per heavy atom. The quantitative estimate of drug-likeness (QED) is 0.640. The molecule has 0 amide bonds. The maximum absolute atomic E-state index is 10.3. The monoisotopic (exact) mass is 201 g/mol. The van der Waals surface area contributed by atoms with Crippen LogP contribution in [0.4, 0.5) is 0 Å². The summed E-state index contributed by atoms with van der Waals surface area (Å²) >= 11 is 0. The summed E-state index contributed by atoms with van der Waals surface area (Å²) in [6.07, 6.45) is 2.33. The predicted octanol–water partition coefficient (Wildman–Crippen LogP) is 0.288. The Labute approximate surface area is 84.4 Å². The van der Waals surface area contributed by atoms with E-state index in [1.807, 2.05) is 13.8 Å². The fourth-order valence-electron chi connectivity index (χ4n) is 2.53. The molecule has 14 heavy (non-hydrogen) atoms. The highest BCUT2D eigenvalue weighted by molar-refractivity contribution is 5.05. The molecule has 3 atom stereocenters. The van der Waals surface area contributed by atoms with E-state index in [1.54, 1.807) is 5.06 Å². The lowest BCUT2D eigenvalue weighted by molar-refractivity contribution is -0.223. The zero-order valence-electron chi connectivity index (χ0n) is 8.86. The van der Waals surface area contributed by atoms with Gasteiger partial charge in [0.2, 0.25) is 0 Å². The molecule has 1 heterocycles. The molecule has 2 N–H and O–H groups in total. The van der Waals surface area contributed by atoms with Crippen molar-refractivity contribution in [2.24, 2.45) is 0 Å². The Bertz CT molecular complexity index is 231. The van der Waals surface area contributed by atoms with Crippen molar-refractivity contribution in [3.63, 3.8) is 0 Å². The van der Waals surface area contributed by atoms with E-state index >= 15 is 0 Å². The Hall–Kier alpha value is -0.160. The maximum Gasteiger partial charge on any atom is 0.0958 e. The Morgan fingerprint density at radius 1 is 1.36 bits per heavy atom. The molecule has 0 aromatic rings. The lowest BCUT2D eigenvalue weighted by atomic mass is 9.85. The summed E-state index contributed by atoms with van der Waals surface area (Å²) in [6.45, 7) is 4.73. The summed E-state index contributed by atoms with van der Waals surface area (Å²) in [4.78, 5) is 5.41. The van der Waals surface area contributed by atoms with Gasteiger partial charge in [-0.3, -0.25) is 4.84 Å². The van der Waals surface area contributed by atoms with Gasteiger partial charge in [-0.05, 0) is 33.1 Å². The van der Waals surface area contributed by atoms with Crippen LogP contribution in [0.2, 0.25) is 0 Å². The van der Waals surface area contributed by atoms with Gasteiger partial charge in [0, 0.05) is 0 Å². The van der Waals surface area contributed by atoms with Crippen molar-refractivity contribution in [2.75, 3.05) is 13.2 Å². The van der Waals surface area contributed by atoms with Crippen LogP contribution in [0.1, 0.15) is 33.1 Å². The normalized spacial score (nSPS) is 50.1. The van der Waals surface area contributed by atoms with E-state index < -0.39 is 11.7 Å². The molecule has 0 radical (unpaired) electrons. The summed E-state index contributed by atoms with van der Waals surface area (Å²) in [5.74, 6) is 0. The fourth-order valence-corrected chi connectivity index (χ4v) is 2.53. The van der Waals surface area contributed by atoms with Crippen LogP contribution in [0.3, 0.4) is 0 Å². The lowest BCUT2D eigenvalue weighted by Crippen LogP contribution is -2.56. The highest BCUT2D eigenvalue weighted by Crippen LogP contribution is 2.44. The van der Waals surface area contributed by atoms with Crippen LogP contribution in [-0.2, 0) is 4.84 Å². The van der Waals surface area contributed by atoms with Crippen molar-refractivity contribution in [1.29, 1.82) is 0 Å². The number of hydroxylamine groups is 2. The van der Waals surface area contributed by atoms with Gasteiger partial charge in [-0.1, -0.05) is 0 Å². The van der Waals surface area contributed by atoms with Crippen molar-refractivity contribution in [1.82, 2.24) is 5.06 Å². The molecule has 2 rings (SSSR count). The molecule has 1 saturated carbocycles. The first-order valence-corrected chi connectivity index (χ1v) is 5.27. The van der Waals surface area contributed by atoms with Crippen LogP contribution < -0.4 is 0 Å². The first-order chi connectivity index (χ1) is 6.46. The van der Waals surface area contributed by atoms with Crippen molar-refractivity contribution in [2.45, 2.75) is 50.4 Å². The summed E-state index contributed by atoms with van der Waals surface area (Å²) in [5, 5.41) is 21.4. The Balaban J connectivity index is 2.15. The highest BCUT2D eigenvalue weighted by atomic mass is 16.7. The zero-order valence-corrected chi connectivity index (χ0v) is 8.86. The molecular formula is C10H19NO3. The van der Waals surface area contributed by atoms with E-state index in [0.29, 0.717) is 13.2 Å². The number of aliphatic hydroxyl groups excluding tert-OH is 1. The molecule has 1 aliphatic carbocycles.